The summed E-state index contributed by atoms with van der Waals surface area (Å²) in [5, 5.41) is 0. The Bertz CT molecular complexity index is 764. The Morgan fingerprint density at radius 1 is 0.769 bits per heavy atom. The van der Waals surface area contributed by atoms with Crippen LogP contribution in [0.4, 0.5) is 22.4 Å². The average molecular weight is 366 g/mol. The highest BCUT2D eigenvalue weighted by Crippen LogP contribution is 2.12. The van der Waals surface area contributed by atoms with Crippen molar-refractivity contribution in [3.8, 4) is 0 Å². The third-order valence-corrected chi connectivity index (χ3v) is 3.11. The van der Waals surface area contributed by atoms with Gasteiger partial charge in [0.1, 0.15) is 36.5 Å². The van der Waals surface area contributed by atoms with Gasteiger partial charge >= 0.3 is 6.16 Å². The van der Waals surface area contributed by atoms with Gasteiger partial charge in [-0.25, -0.2) is 22.4 Å². The Labute approximate surface area is 147 Å². The molecule has 0 bridgehead atoms. The minimum Gasteiger partial charge on any atom is -0.430 e. The highest BCUT2D eigenvalue weighted by molar-refractivity contribution is 5.61. The predicted octanol–water partition coefficient (Wildman–Crippen LogP) is 5.12. The summed E-state index contributed by atoms with van der Waals surface area (Å²) in [6.45, 7) is -0.423. The van der Waals surface area contributed by atoms with Crippen LogP contribution in [-0.2, 0) is 9.47 Å². The van der Waals surface area contributed by atoms with E-state index in [0.29, 0.717) is 0 Å². The lowest BCUT2D eigenvalue weighted by Gasteiger charge is -2.02. The van der Waals surface area contributed by atoms with Gasteiger partial charge in [-0.15, -0.1) is 0 Å². The maximum absolute atomic E-state index is 13.3. The highest BCUT2D eigenvalue weighted by atomic mass is 19.1. The van der Waals surface area contributed by atoms with Crippen LogP contribution in [0.3, 0.4) is 0 Å². The van der Waals surface area contributed by atoms with Crippen LogP contribution in [-0.4, -0.2) is 19.4 Å². The molecule has 0 amide bonds. The second-order valence-corrected chi connectivity index (χ2v) is 5.01. The molecule has 2 aromatic carbocycles. The monoisotopic (exact) mass is 366 g/mol. The second kappa shape index (κ2) is 9.41. The second-order valence-electron chi connectivity index (χ2n) is 5.01. The van der Waals surface area contributed by atoms with Gasteiger partial charge in [0.25, 0.3) is 0 Å². The van der Waals surface area contributed by atoms with Crippen LogP contribution in [0, 0.1) is 23.3 Å². The van der Waals surface area contributed by atoms with Crippen LogP contribution >= 0.6 is 0 Å². The minimum atomic E-state index is -1.00. The molecule has 0 unspecified atom stereocenters. The van der Waals surface area contributed by atoms with E-state index in [0.717, 1.165) is 36.4 Å². The summed E-state index contributed by atoms with van der Waals surface area (Å²) in [7, 11) is 0. The van der Waals surface area contributed by atoms with E-state index >= 15 is 0 Å². The minimum absolute atomic E-state index is 0.0158. The Hall–Kier alpha value is -3.09. The van der Waals surface area contributed by atoms with E-state index in [4.69, 9.17) is 9.47 Å². The molecule has 0 N–H and O–H groups in total. The molecule has 0 heterocycles. The molecule has 3 nitrogen and oxygen atoms in total. The fourth-order valence-electron chi connectivity index (χ4n) is 1.91. The molecule has 0 aliphatic carbocycles. The van der Waals surface area contributed by atoms with Crippen LogP contribution in [0.15, 0.2) is 48.6 Å². The van der Waals surface area contributed by atoms with Gasteiger partial charge in [0.2, 0.25) is 0 Å². The Morgan fingerprint density at radius 3 is 1.62 bits per heavy atom. The van der Waals surface area contributed by atoms with E-state index in [9.17, 15) is 22.4 Å². The van der Waals surface area contributed by atoms with Crippen LogP contribution < -0.4 is 0 Å². The fraction of sp³-hybridized carbons (Fsp3) is 0.105. The van der Waals surface area contributed by atoms with E-state index in [2.05, 4.69) is 0 Å². The third kappa shape index (κ3) is 6.08. The molecule has 136 valence electrons. The quantitative estimate of drug-likeness (QED) is 0.526. The first-order chi connectivity index (χ1) is 12.5. The van der Waals surface area contributed by atoms with Crippen molar-refractivity contribution in [1.29, 1.82) is 0 Å². The maximum atomic E-state index is 13.3. The van der Waals surface area contributed by atoms with Gasteiger partial charge in [0.05, 0.1) is 0 Å². The van der Waals surface area contributed by atoms with Crippen molar-refractivity contribution in [3.63, 3.8) is 0 Å². The smallest absolute Gasteiger partial charge is 0.430 e. The molecule has 0 saturated heterocycles. The molecule has 0 saturated carbocycles. The number of benzene rings is 2. The number of carbonyl (C=O) groups is 1. The summed E-state index contributed by atoms with van der Waals surface area (Å²) >= 11 is 0. The number of ether oxygens (including phenoxy) is 2. The molecule has 0 spiro atoms. The van der Waals surface area contributed by atoms with Crippen molar-refractivity contribution in [2.24, 2.45) is 0 Å². The number of rotatable bonds is 6. The predicted molar refractivity (Wildman–Crippen MR) is 88.1 cm³/mol. The number of carbonyl (C=O) groups excluding carboxylic acids is 1. The Balaban J connectivity index is 1.73. The molecule has 0 aromatic heterocycles. The van der Waals surface area contributed by atoms with Gasteiger partial charge in [0.15, 0.2) is 0 Å². The summed E-state index contributed by atoms with van der Waals surface area (Å²) in [6.07, 6.45) is 4.16. The molecule has 2 rings (SSSR count). The van der Waals surface area contributed by atoms with E-state index in [1.807, 2.05) is 0 Å². The van der Waals surface area contributed by atoms with Crippen LogP contribution in [0.1, 0.15) is 11.1 Å². The fourth-order valence-corrected chi connectivity index (χ4v) is 1.91. The van der Waals surface area contributed by atoms with E-state index in [-0.39, 0.29) is 24.3 Å². The van der Waals surface area contributed by atoms with E-state index in [1.165, 1.54) is 24.3 Å². The first-order valence-electron chi connectivity index (χ1n) is 7.48. The highest BCUT2D eigenvalue weighted by Gasteiger charge is 2.03. The standard InChI is InChI=1S/C19H14F4O3/c20-15-5-7-17(22)13(11-15)3-1-9-25-19(24)26-10-2-4-14-12-16(21)6-8-18(14)23/h1-8,11-12H,9-10H2/b3-1+,4-2+. The summed E-state index contributed by atoms with van der Waals surface area (Å²) in [4.78, 5) is 11.3. The summed E-state index contributed by atoms with van der Waals surface area (Å²) in [6, 6.07) is 5.95. The molecular formula is C19H14F4O3. The topological polar surface area (TPSA) is 35.5 Å². The molecule has 26 heavy (non-hydrogen) atoms. The van der Waals surface area contributed by atoms with Crippen LogP contribution in [0.25, 0.3) is 12.2 Å². The normalized spacial score (nSPS) is 11.2. The lowest BCUT2D eigenvalue weighted by Crippen LogP contribution is -2.07. The molecular weight excluding hydrogens is 352 g/mol. The van der Waals surface area contributed by atoms with Gasteiger partial charge in [-0.1, -0.05) is 12.2 Å². The third-order valence-electron chi connectivity index (χ3n) is 3.11. The zero-order valence-corrected chi connectivity index (χ0v) is 13.4. The molecule has 2 aromatic rings. The van der Waals surface area contributed by atoms with Crippen molar-refractivity contribution in [2.75, 3.05) is 13.2 Å². The Kier molecular flexibility index (Phi) is 6.96. The maximum Gasteiger partial charge on any atom is 0.508 e. The van der Waals surface area contributed by atoms with Gasteiger partial charge < -0.3 is 9.47 Å². The lowest BCUT2D eigenvalue weighted by atomic mass is 10.2. The van der Waals surface area contributed by atoms with Gasteiger partial charge in [-0.05, 0) is 48.6 Å². The van der Waals surface area contributed by atoms with Gasteiger partial charge in [-0.3, -0.25) is 0 Å². The molecule has 0 aliphatic heterocycles. The summed E-state index contributed by atoms with van der Waals surface area (Å²) < 4.78 is 62.0. The molecule has 0 radical (unpaired) electrons. The number of hydrogen-bond donors (Lipinski definition) is 0. The molecule has 0 atom stereocenters. The SMILES string of the molecule is O=C(OC/C=C/c1cc(F)ccc1F)OC/C=C/c1cc(F)ccc1F. The van der Waals surface area contributed by atoms with Crippen LogP contribution in [0.2, 0.25) is 0 Å². The largest absolute Gasteiger partial charge is 0.508 e. The number of halogens is 4. The molecule has 0 fully saturated rings. The molecule has 0 aliphatic rings. The number of hydrogen-bond acceptors (Lipinski definition) is 3. The lowest BCUT2D eigenvalue weighted by molar-refractivity contribution is 0.0720. The van der Waals surface area contributed by atoms with Gasteiger partial charge in [0, 0.05) is 11.1 Å². The van der Waals surface area contributed by atoms with Crippen molar-refractivity contribution < 1.29 is 31.8 Å². The summed E-state index contributed by atoms with van der Waals surface area (Å²) in [5.74, 6) is -2.40. The zero-order valence-electron chi connectivity index (χ0n) is 13.4. The van der Waals surface area contributed by atoms with Gasteiger partial charge in [-0.2, -0.15) is 0 Å². The van der Waals surface area contributed by atoms with Crippen molar-refractivity contribution in [2.45, 2.75) is 0 Å². The van der Waals surface area contributed by atoms with Crippen molar-refractivity contribution in [3.05, 3.63) is 82.9 Å². The zero-order chi connectivity index (χ0) is 18.9. The molecule has 7 heteroatoms. The van der Waals surface area contributed by atoms with E-state index in [1.54, 1.807) is 0 Å². The van der Waals surface area contributed by atoms with Crippen molar-refractivity contribution >= 4 is 18.3 Å². The van der Waals surface area contributed by atoms with Crippen molar-refractivity contribution in [1.82, 2.24) is 0 Å². The summed E-state index contributed by atoms with van der Waals surface area (Å²) in [5.41, 5.74) is 0.0315. The van der Waals surface area contributed by atoms with Crippen LogP contribution in [0.5, 0.6) is 0 Å². The average Bonchev–Trinajstić information content (AvgIpc) is 2.61. The van der Waals surface area contributed by atoms with E-state index < -0.39 is 29.4 Å². The first kappa shape index (κ1) is 19.2. The Morgan fingerprint density at radius 2 is 1.19 bits per heavy atom. The first-order valence-corrected chi connectivity index (χ1v) is 7.48.